The van der Waals surface area contributed by atoms with Gasteiger partial charge >= 0.3 is 0 Å². The highest BCUT2D eigenvalue weighted by molar-refractivity contribution is 7.10. The van der Waals surface area contributed by atoms with Gasteiger partial charge in [-0.3, -0.25) is 4.79 Å². The van der Waals surface area contributed by atoms with Gasteiger partial charge in [-0.2, -0.15) is 4.37 Å². The van der Waals surface area contributed by atoms with Gasteiger partial charge in [0.25, 0.3) is 0 Å². The number of nitrogens with one attached hydrogen (secondary N) is 1. The standard InChI is InChI=1S/C9H14N4O2S/c10-7-6(4-1-2-4)9(16-13-7)12-3-5(14)8(11)15/h4-5,12,14H,1-3H2,(H2,10,13)(H2,11,15). The molecular weight excluding hydrogens is 228 g/mol. The number of aliphatic hydroxyl groups is 1. The van der Waals surface area contributed by atoms with Gasteiger partial charge in [0, 0.05) is 5.56 Å². The number of rotatable bonds is 5. The molecule has 1 aliphatic rings. The Morgan fingerprint density at radius 3 is 2.94 bits per heavy atom. The molecule has 1 amide bonds. The molecule has 7 heteroatoms. The normalized spacial score (nSPS) is 17.1. The fourth-order valence-corrected chi connectivity index (χ4v) is 2.30. The number of aliphatic hydroxyl groups excluding tert-OH is 1. The molecule has 1 aromatic rings. The van der Waals surface area contributed by atoms with Gasteiger partial charge in [-0.1, -0.05) is 0 Å². The molecule has 1 fully saturated rings. The Hall–Kier alpha value is -1.34. The highest BCUT2D eigenvalue weighted by Gasteiger charge is 2.30. The van der Waals surface area contributed by atoms with E-state index < -0.39 is 12.0 Å². The van der Waals surface area contributed by atoms with Gasteiger partial charge in [0.1, 0.15) is 16.9 Å². The third-order valence-corrected chi connectivity index (χ3v) is 3.36. The Kier molecular flexibility index (Phi) is 2.97. The largest absolute Gasteiger partial charge is 0.383 e. The molecule has 0 aliphatic heterocycles. The highest BCUT2D eigenvalue weighted by atomic mass is 32.1. The maximum atomic E-state index is 10.7. The molecule has 2 rings (SSSR count). The summed E-state index contributed by atoms with van der Waals surface area (Å²) in [4.78, 5) is 10.7. The van der Waals surface area contributed by atoms with E-state index in [-0.39, 0.29) is 6.54 Å². The monoisotopic (exact) mass is 242 g/mol. The first-order valence-electron chi connectivity index (χ1n) is 5.06. The first-order valence-corrected chi connectivity index (χ1v) is 5.83. The highest BCUT2D eigenvalue weighted by Crippen LogP contribution is 2.47. The predicted molar refractivity (Wildman–Crippen MR) is 62.2 cm³/mol. The van der Waals surface area contributed by atoms with Crippen molar-refractivity contribution in [2.24, 2.45) is 5.73 Å². The summed E-state index contributed by atoms with van der Waals surface area (Å²) < 4.78 is 4.06. The average molecular weight is 242 g/mol. The second kappa shape index (κ2) is 4.26. The quantitative estimate of drug-likeness (QED) is 0.574. The van der Waals surface area contributed by atoms with Gasteiger partial charge in [-0.05, 0) is 30.3 Å². The SMILES string of the molecule is NC(=O)C(O)CNc1snc(N)c1C1CC1. The number of anilines is 2. The van der Waals surface area contributed by atoms with E-state index in [0.717, 1.165) is 23.4 Å². The lowest BCUT2D eigenvalue weighted by Crippen LogP contribution is -2.34. The van der Waals surface area contributed by atoms with Crippen LogP contribution in [0, 0.1) is 0 Å². The van der Waals surface area contributed by atoms with Gasteiger partial charge in [0.15, 0.2) is 0 Å². The molecule has 88 valence electrons. The lowest BCUT2D eigenvalue weighted by molar-refractivity contribution is -0.125. The Bertz CT molecular complexity index is 402. The van der Waals surface area contributed by atoms with E-state index in [1.165, 1.54) is 11.5 Å². The molecule has 0 spiro atoms. The summed E-state index contributed by atoms with van der Waals surface area (Å²) in [7, 11) is 0. The molecule has 0 saturated heterocycles. The number of nitrogen functional groups attached to an aromatic ring is 1. The fraction of sp³-hybridized carbons (Fsp3) is 0.556. The summed E-state index contributed by atoms with van der Waals surface area (Å²) in [6.07, 6.45) is 1.06. The summed E-state index contributed by atoms with van der Waals surface area (Å²) in [5.41, 5.74) is 11.7. The molecule has 16 heavy (non-hydrogen) atoms. The lowest BCUT2D eigenvalue weighted by Gasteiger charge is -2.09. The molecule has 1 aromatic heterocycles. The minimum Gasteiger partial charge on any atom is -0.383 e. The summed E-state index contributed by atoms with van der Waals surface area (Å²) in [5.74, 6) is 0.286. The van der Waals surface area contributed by atoms with Gasteiger partial charge in [-0.15, -0.1) is 0 Å². The number of carbonyl (C=O) groups is 1. The van der Waals surface area contributed by atoms with Crippen molar-refractivity contribution in [1.82, 2.24) is 4.37 Å². The summed E-state index contributed by atoms with van der Waals surface area (Å²) >= 11 is 1.25. The van der Waals surface area contributed by atoms with E-state index >= 15 is 0 Å². The van der Waals surface area contributed by atoms with Crippen molar-refractivity contribution >= 4 is 28.3 Å². The van der Waals surface area contributed by atoms with Crippen LogP contribution in [0.4, 0.5) is 10.8 Å². The van der Waals surface area contributed by atoms with Crippen molar-refractivity contribution in [3.8, 4) is 0 Å². The van der Waals surface area contributed by atoms with Crippen molar-refractivity contribution in [1.29, 1.82) is 0 Å². The van der Waals surface area contributed by atoms with E-state index in [1.807, 2.05) is 0 Å². The molecule has 6 N–H and O–H groups in total. The molecular formula is C9H14N4O2S. The molecule has 1 saturated carbocycles. The number of nitrogens with zero attached hydrogens (tertiary/aromatic N) is 1. The predicted octanol–water partition coefficient (Wildman–Crippen LogP) is -0.139. The van der Waals surface area contributed by atoms with Crippen molar-refractivity contribution in [3.05, 3.63) is 5.56 Å². The topological polar surface area (TPSA) is 114 Å². The van der Waals surface area contributed by atoms with E-state index in [9.17, 15) is 9.90 Å². The summed E-state index contributed by atoms with van der Waals surface area (Å²) in [6, 6.07) is 0. The van der Waals surface area contributed by atoms with Gasteiger partial charge < -0.3 is 21.9 Å². The molecule has 0 aromatic carbocycles. The number of nitrogens with two attached hydrogens (primary N) is 2. The van der Waals surface area contributed by atoms with Crippen LogP contribution >= 0.6 is 11.5 Å². The van der Waals surface area contributed by atoms with Crippen LogP contribution < -0.4 is 16.8 Å². The zero-order chi connectivity index (χ0) is 11.7. The number of hydrogen-bond acceptors (Lipinski definition) is 6. The average Bonchev–Trinajstić information content (AvgIpc) is 3.00. The summed E-state index contributed by atoms with van der Waals surface area (Å²) in [6.45, 7) is 0.0939. The maximum Gasteiger partial charge on any atom is 0.248 e. The molecule has 6 nitrogen and oxygen atoms in total. The first kappa shape index (κ1) is 11.2. The van der Waals surface area contributed by atoms with Gasteiger partial charge in [0.05, 0.1) is 6.54 Å². The van der Waals surface area contributed by atoms with E-state index in [4.69, 9.17) is 11.5 Å². The van der Waals surface area contributed by atoms with E-state index in [1.54, 1.807) is 0 Å². The van der Waals surface area contributed by atoms with Crippen LogP contribution in [0.3, 0.4) is 0 Å². The fourth-order valence-electron chi connectivity index (χ4n) is 1.49. The van der Waals surface area contributed by atoms with Crippen molar-refractivity contribution in [2.75, 3.05) is 17.6 Å². The van der Waals surface area contributed by atoms with Crippen LogP contribution in [-0.4, -0.2) is 28.0 Å². The van der Waals surface area contributed by atoms with Crippen LogP contribution in [0.25, 0.3) is 0 Å². The molecule has 0 radical (unpaired) electrons. The smallest absolute Gasteiger partial charge is 0.248 e. The molecule has 0 bridgehead atoms. The Labute approximate surface area is 96.8 Å². The minimum atomic E-state index is -1.18. The molecule has 1 unspecified atom stereocenters. The van der Waals surface area contributed by atoms with E-state index in [2.05, 4.69) is 9.69 Å². The minimum absolute atomic E-state index is 0.0939. The van der Waals surface area contributed by atoms with Crippen molar-refractivity contribution < 1.29 is 9.90 Å². The Balaban J connectivity index is 2.01. The number of hydrogen-bond donors (Lipinski definition) is 4. The second-order valence-corrected chi connectivity index (χ2v) is 4.66. The number of amides is 1. The number of primary amides is 1. The zero-order valence-electron chi connectivity index (χ0n) is 8.64. The number of aromatic nitrogens is 1. The molecule has 1 aliphatic carbocycles. The van der Waals surface area contributed by atoms with Gasteiger partial charge in [0.2, 0.25) is 5.91 Å². The van der Waals surface area contributed by atoms with Crippen LogP contribution in [0.15, 0.2) is 0 Å². The zero-order valence-corrected chi connectivity index (χ0v) is 9.46. The van der Waals surface area contributed by atoms with Gasteiger partial charge in [-0.25, -0.2) is 0 Å². The van der Waals surface area contributed by atoms with Crippen LogP contribution in [0.2, 0.25) is 0 Å². The maximum absolute atomic E-state index is 10.7. The number of carbonyl (C=O) groups excluding carboxylic acids is 1. The Morgan fingerprint density at radius 1 is 1.69 bits per heavy atom. The van der Waals surface area contributed by atoms with Crippen LogP contribution in [0.1, 0.15) is 24.3 Å². The van der Waals surface area contributed by atoms with Crippen LogP contribution in [-0.2, 0) is 4.79 Å². The second-order valence-electron chi connectivity index (χ2n) is 3.88. The Morgan fingerprint density at radius 2 is 2.38 bits per heavy atom. The first-order chi connectivity index (χ1) is 7.59. The molecule has 1 heterocycles. The van der Waals surface area contributed by atoms with Crippen molar-refractivity contribution in [3.63, 3.8) is 0 Å². The van der Waals surface area contributed by atoms with Crippen molar-refractivity contribution in [2.45, 2.75) is 24.9 Å². The van der Waals surface area contributed by atoms with Crippen LogP contribution in [0.5, 0.6) is 0 Å². The molecule has 1 atom stereocenters. The third-order valence-electron chi connectivity index (χ3n) is 2.53. The third kappa shape index (κ3) is 2.25. The lowest BCUT2D eigenvalue weighted by atomic mass is 10.2. The van der Waals surface area contributed by atoms with E-state index in [0.29, 0.717) is 11.7 Å². The summed E-state index contributed by atoms with van der Waals surface area (Å²) in [5, 5.41) is 13.1.